The molecule has 0 spiro atoms. The van der Waals surface area contributed by atoms with Gasteiger partial charge in [-0.05, 0) is 72.1 Å². The monoisotopic (exact) mass is 638 g/mol. The van der Waals surface area contributed by atoms with Crippen molar-refractivity contribution in [1.29, 1.82) is 0 Å². The van der Waals surface area contributed by atoms with E-state index in [1.54, 1.807) is 47.9 Å². The number of primary amides is 1. The van der Waals surface area contributed by atoms with E-state index in [1.165, 1.54) is 15.9 Å². The lowest BCUT2D eigenvalue weighted by Crippen LogP contribution is -2.45. The lowest BCUT2D eigenvalue weighted by Gasteiger charge is -2.24. The Morgan fingerprint density at radius 3 is 2.37 bits per heavy atom. The summed E-state index contributed by atoms with van der Waals surface area (Å²) in [4.78, 5) is 61.4. The van der Waals surface area contributed by atoms with Crippen LogP contribution < -0.4 is 21.7 Å². The van der Waals surface area contributed by atoms with Gasteiger partial charge in [0.25, 0.3) is 5.91 Å². The van der Waals surface area contributed by atoms with E-state index >= 15 is 0 Å². The van der Waals surface area contributed by atoms with Gasteiger partial charge in [-0.25, -0.2) is 14.8 Å². The Morgan fingerprint density at radius 2 is 1.76 bits per heavy atom. The van der Waals surface area contributed by atoms with E-state index in [1.807, 2.05) is 45.0 Å². The summed E-state index contributed by atoms with van der Waals surface area (Å²) in [5.41, 5.74) is 8.05. The van der Waals surface area contributed by atoms with Crippen molar-refractivity contribution in [3.8, 4) is 0 Å². The molecule has 0 radical (unpaired) electrons. The van der Waals surface area contributed by atoms with Gasteiger partial charge in [0.1, 0.15) is 17.5 Å². The first-order valence-electron chi connectivity index (χ1n) is 15.5. The summed E-state index contributed by atoms with van der Waals surface area (Å²) >= 11 is 0. The Labute approximate surface area is 272 Å². The van der Waals surface area contributed by atoms with Gasteiger partial charge in [0.15, 0.2) is 5.69 Å². The molecule has 4 amide bonds. The van der Waals surface area contributed by atoms with Crippen molar-refractivity contribution in [1.82, 2.24) is 25.1 Å². The molecule has 2 rings (SSSR count). The number of rotatable bonds is 15. The van der Waals surface area contributed by atoms with E-state index in [2.05, 4.69) is 25.9 Å². The molecular weight excluding hydrogens is 588 g/mol. The number of aryl methyl sites for hydroxylation is 1. The molecule has 0 saturated heterocycles. The fourth-order valence-corrected chi connectivity index (χ4v) is 4.17. The van der Waals surface area contributed by atoms with E-state index in [0.717, 1.165) is 11.3 Å². The molecule has 13 nitrogen and oxygen atoms in total. The van der Waals surface area contributed by atoms with Crippen molar-refractivity contribution in [2.24, 2.45) is 5.73 Å². The van der Waals surface area contributed by atoms with Crippen molar-refractivity contribution in [2.45, 2.75) is 85.5 Å². The van der Waals surface area contributed by atoms with Crippen molar-refractivity contribution in [3.63, 3.8) is 0 Å². The van der Waals surface area contributed by atoms with Crippen molar-refractivity contribution in [2.75, 3.05) is 37.8 Å². The molecule has 0 aliphatic rings. The third-order valence-corrected chi connectivity index (χ3v) is 6.79. The minimum atomic E-state index is -0.705. The van der Waals surface area contributed by atoms with Crippen molar-refractivity contribution < 1.29 is 23.9 Å². The van der Waals surface area contributed by atoms with E-state index in [4.69, 9.17) is 10.5 Å². The molecule has 0 bridgehead atoms. The number of aromatic nitrogens is 2. The molecular formula is C33H50N8O5. The molecule has 2 aromatic rings. The van der Waals surface area contributed by atoms with Crippen molar-refractivity contribution in [3.05, 3.63) is 59.1 Å². The maximum Gasteiger partial charge on any atom is 0.410 e. The van der Waals surface area contributed by atoms with Gasteiger partial charge in [-0.1, -0.05) is 25.1 Å². The van der Waals surface area contributed by atoms with E-state index in [0.29, 0.717) is 36.6 Å². The van der Waals surface area contributed by atoms with Crippen LogP contribution >= 0.6 is 0 Å². The number of anilines is 2. The van der Waals surface area contributed by atoms with Gasteiger partial charge >= 0.3 is 6.09 Å². The maximum absolute atomic E-state index is 12.8. The number of carbonyl (C=O) groups excluding carboxylic acids is 4. The van der Waals surface area contributed by atoms with Crippen molar-refractivity contribution >= 4 is 35.3 Å². The van der Waals surface area contributed by atoms with E-state index in [-0.39, 0.29) is 36.6 Å². The molecule has 13 heteroatoms. The average molecular weight is 639 g/mol. The van der Waals surface area contributed by atoms with Crippen LogP contribution in [0.25, 0.3) is 0 Å². The van der Waals surface area contributed by atoms with Gasteiger partial charge in [-0.15, -0.1) is 0 Å². The summed E-state index contributed by atoms with van der Waals surface area (Å²) in [6.07, 6.45) is 3.56. The summed E-state index contributed by atoms with van der Waals surface area (Å²) in [6.45, 7) is 13.7. The fourth-order valence-electron chi connectivity index (χ4n) is 4.17. The highest BCUT2D eigenvalue weighted by Crippen LogP contribution is 2.18. The van der Waals surface area contributed by atoms with E-state index in [9.17, 15) is 19.2 Å². The molecule has 0 unspecified atom stereocenters. The first kappa shape index (κ1) is 37.5. The second-order valence-electron chi connectivity index (χ2n) is 12.3. The number of nitrogens with one attached hydrogen (secondary N) is 3. The smallest absolute Gasteiger partial charge is 0.410 e. The third kappa shape index (κ3) is 12.0. The summed E-state index contributed by atoms with van der Waals surface area (Å²) < 4.78 is 5.29. The highest BCUT2D eigenvalue weighted by atomic mass is 16.6. The SMILES string of the molecule is CCc1nc(C(N)=O)c(CNc2cccc(CCNC(=O)[C@H](C)N(C)C(=O)/C=C/CN(C)C(=O)OC(C)(C)C)c2)nc1NC(C)C. The summed E-state index contributed by atoms with van der Waals surface area (Å²) in [6, 6.07) is 7.13. The molecule has 5 N–H and O–H groups in total. The molecule has 0 aliphatic carbocycles. The van der Waals surface area contributed by atoms with Gasteiger partial charge in [0.05, 0.1) is 17.9 Å². The van der Waals surface area contributed by atoms with Crippen LogP contribution in [0.15, 0.2) is 36.4 Å². The van der Waals surface area contributed by atoms with Crippen LogP contribution in [0.2, 0.25) is 0 Å². The first-order chi connectivity index (χ1) is 21.5. The molecule has 252 valence electrons. The number of hydrogen-bond acceptors (Lipinski definition) is 9. The molecule has 1 heterocycles. The van der Waals surface area contributed by atoms with Gasteiger partial charge < -0.3 is 36.2 Å². The van der Waals surface area contributed by atoms with Gasteiger partial charge in [-0.2, -0.15) is 0 Å². The van der Waals surface area contributed by atoms with Crippen LogP contribution in [0.4, 0.5) is 16.3 Å². The van der Waals surface area contributed by atoms with Crippen LogP contribution in [-0.4, -0.2) is 88.5 Å². The van der Waals surface area contributed by atoms with Gasteiger partial charge in [0.2, 0.25) is 11.8 Å². The number of benzene rings is 1. The van der Waals surface area contributed by atoms with Gasteiger partial charge in [0, 0.05) is 45.0 Å². The molecule has 0 saturated carbocycles. The Balaban J connectivity index is 1.92. The van der Waals surface area contributed by atoms with Crippen LogP contribution in [0, 0.1) is 0 Å². The number of hydrogen-bond donors (Lipinski definition) is 4. The quantitative estimate of drug-likeness (QED) is 0.213. The zero-order valence-corrected chi connectivity index (χ0v) is 28.6. The lowest BCUT2D eigenvalue weighted by atomic mass is 10.1. The third-order valence-electron chi connectivity index (χ3n) is 6.79. The topological polar surface area (TPSA) is 172 Å². The highest BCUT2D eigenvalue weighted by molar-refractivity contribution is 5.93. The predicted molar refractivity (Wildman–Crippen MR) is 179 cm³/mol. The number of nitrogens with zero attached hydrogens (tertiary/aromatic N) is 4. The Kier molecular flexibility index (Phi) is 14.0. The fraction of sp³-hybridized carbons (Fsp3) is 0.515. The number of amides is 4. The van der Waals surface area contributed by atoms with E-state index < -0.39 is 23.6 Å². The lowest BCUT2D eigenvalue weighted by molar-refractivity contribution is -0.135. The number of carbonyl (C=O) groups is 4. The molecule has 1 aromatic carbocycles. The predicted octanol–water partition coefficient (Wildman–Crippen LogP) is 3.50. The molecule has 1 atom stereocenters. The zero-order chi connectivity index (χ0) is 34.6. The summed E-state index contributed by atoms with van der Waals surface area (Å²) in [5, 5.41) is 9.46. The molecule has 0 fully saturated rings. The Morgan fingerprint density at radius 1 is 1.07 bits per heavy atom. The summed E-state index contributed by atoms with van der Waals surface area (Å²) in [7, 11) is 3.13. The first-order valence-corrected chi connectivity index (χ1v) is 15.5. The Bertz CT molecular complexity index is 1400. The number of nitrogens with two attached hydrogens (primary N) is 1. The van der Waals surface area contributed by atoms with Crippen LogP contribution in [0.1, 0.15) is 75.9 Å². The van der Waals surface area contributed by atoms with Crippen LogP contribution in [0.3, 0.4) is 0 Å². The molecule has 1 aromatic heterocycles. The molecule has 0 aliphatic heterocycles. The maximum atomic E-state index is 12.8. The second kappa shape index (κ2) is 17.1. The zero-order valence-electron chi connectivity index (χ0n) is 28.6. The number of likely N-dealkylation sites (N-methyl/N-ethyl adjacent to an activating group) is 2. The summed E-state index contributed by atoms with van der Waals surface area (Å²) in [5.74, 6) is -0.655. The standard InChI is InChI=1S/C33H50N8O5/c1-10-25-30(37-21(2)3)39-26(28(38-25)29(34)43)20-36-24-14-11-13-23(19-24)16-17-35-31(44)22(4)41(9)27(42)15-12-18-40(8)32(45)46-33(5,6)7/h11-15,19,21-22,36H,10,16-18,20H2,1-9H3,(H2,34,43)(H,35,44)(H,37,39)/b15-12+/t22-/m0/s1. The van der Waals surface area contributed by atoms with Crippen LogP contribution in [-0.2, 0) is 33.7 Å². The minimum Gasteiger partial charge on any atom is -0.444 e. The second-order valence-corrected chi connectivity index (χ2v) is 12.3. The Hall–Kier alpha value is -4.68. The number of ether oxygens (including phenoxy) is 1. The highest BCUT2D eigenvalue weighted by Gasteiger charge is 2.22. The van der Waals surface area contributed by atoms with Crippen LogP contribution in [0.5, 0.6) is 0 Å². The van der Waals surface area contributed by atoms with Gasteiger partial charge in [-0.3, -0.25) is 14.4 Å². The normalized spacial score (nSPS) is 12.0. The average Bonchev–Trinajstić information content (AvgIpc) is 2.97. The minimum absolute atomic E-state index is 0.138. The molecule has 46 heavy (non-hydrogen) atoms. The largest absolute Gasteiger partial charge is 0.444 e.